The molecule has 0 aromatic rings. The lowest BCUT2D eigenvalue weighted by Gasteiger charge is -2.35. The fourth-order valence-electron chi connectivity index (χ4n) is 3.50. The van der Waals surface area contributed by atoms with Crippen LogP contribution in [0.5, 0.6) is 0 Å². The van der Waals surface area contributed by atoms with Crippen LogP contribution >= 0.6 is 0 Å². The maximum absolute atomic E-state index is 10.8. The van der Waals surface area contributed by atoms with Gasteiger partial charge in [-0.2, -0.15) is 0 Å². The van der Waals surface area contributed by atoms with Gasteiger partial charge in [0.15, 0.2) is 0 Å². The molecule has 1 aliphatic carbocycles. The highest BCUT2D eigenvalue weighted by molar-refractivity contribution is 4.88. The molecular formula is C15H30O. The van der Waals surface area contributed by atoms with Crippen LogP contribution in [0.3, 0.4) is 0 Å². The van der Waals surface area contributed by atoms with E-state index in [4.69, 9.17) is 0 Å². The van der Waals surface area contributed by atoms with E-state index in [9.17, 15) is 5.11 Å². The van der Waals surface area contributed by atoms with E-state index in [1.54, 1.807) is 0 Å². The van der Waals surface area contributed by atoms with E-state index in [0.717, 1.165) is 37.5 Å². The standard InChI is InChI=1S/C15H30O/c1-5-14(6-2)15(16)10-7-8-13(9-11-15)12(3)4/h12-14,16H,5-11H2,1-4H3. The van der Waals surface area contributed by atoms with Gasteiger partial charge in [-0.15, -0.1) is 0 Å². The first-order valence-corrected chi connectivity index (χ1v) is 7.25. The molecule has 0 aromatic heterocycles. The highest BCUT2D eigenvalue weighted by atomic mass is 16.3. The van der Waals surface area contributed by atoms with E-state index >= 15 is 0 Å². The van der Waals surface area contributed by atoms with Crippen LogP contribution in [0, 0.1) is 17.8 Å². The van der Waals surface area contributed by atoms with Crippen LogP contribution in [-0.4, -0.2) is 10.7 Å². The van der Waals surface area contributed by atoms with Crippen LogP contribution in [0.25, 0.3) is 0 Å². The average molecular weight is 226 g/mol. The molecule has 0 aliphatic heterocycles. The van der Waals surface area contributed by atoms with Crippen molar-refractivity contribution in [3.63, 3.8) is 0 Å². The summed E-state index contributed by atoms with van der Waals surface area (Å²) in [5.74, 6) is 2.13. The van der Waals surface area contributed by atoms with Gasteiger partial charge in [0.25, 0.3) is 0 Å². The van der Waals surface area contributed by atoms with Gasteiger partial charge in [0, 0.05) is 0 Å². The molecule has 2 unspecified atom stereocenters. The van der Waals surface area contributed by atoms with Crippen LogP contribution in [0.4, 0.5) is 0 Å². The van der Waals surface area contributed by atoms with Gasteiger partial charge in [0.2, 0.25) is 0 Å². The van der Waals surface area contributed by atoms with E-state index in [1.165, 1.54) is 19.3 Å². The second-order valence-corrected chi connectivity index (χ2v) is 6.05. The van der Waals surface area contributed by atoms with E-state index in [0.29, 0.717) is 5.92 Å². The molecule has 1 heteroatoms. The second kappa shape index (κ2) is 6.05. The quantitative estimate of drug-likeness (QED) is 0.705. The Labute approximate surface area is 102 Å². The summed E-state index contributed by atoms with van der Waals surface area (Å²) in [6.45, 7) is 9.09. The topological polar surface area (TPSA) is 20.2 Å². The highest BCUT2D eigenvalue weighted by Crippen LogP contribution is 2.40. The molecular weight excluding hydrogens is 196 g/mol. The van der Waals surface area contributed by atoms with Crippen LogP contribution in [-0.2, 0) is 0 Å². The van der Waals surface area contributed by atoms with Crippen molar-refractivity contribution in [2.75, 3.05) is 0 Å². The van der Waals surface area contributed by atoms with Gasteiger partial charge in [-0.3, -0.25) is 0 Å². The fourth-order valence-corrected chi connectivity index (χ4v) is 3.50. The van der Waals surface area contributed by atoms with Gasteiger partial charge in [-0.25, -0.2) is 0 Å². The molecule has 0 radical (unpaired) electrons. The molecule has 0 saturated heterocycles. The highest BCUT2D eigenvalue weighted by Gasteiger charge is 2.36. The minimum absolute atomic E-state index is 0.354. The van der Waals surface area contributed by atoms with E-state index in [-0.39, 0.29) is 5.60 Å². The zero-order valence-electron chi connectivity index (χ0n) is 11.6. The Morgan fingerprint density at radius 1 is 1.12 bits per heavy atom. The summed E-state index contributed by atoms with van der Waals surface area (Å²) in [7, 11) is 0. The smallest absolute Gasteiger partial charge is 0.0675 e. The van der Waals surface area contributed by atoms with Crippen molar-refractivity contribution in [1.29, 1.82) is 0 Å². The summed E-state index contributed by atoms with van der Waals surface area (Å²) >= 11 is 0. The number of aliphatic hydroxyl groups is 1. The minimum Gasteiger partial charge on any atom is -0.390 e. The van der Waals surface area contributed by atoms with Gasteiger partial charge >= 0.3 is 0 Å². The minimum atomic E-state index is -0.354. The molecule has 1 aliphatic rings. The summed E-state index contributed by atoms with van der Waals surface area (Å²) in [4.78, 5) is 0. The first kappa shape index (κ1) is 14.0. The molecule has 1 saturated carbocycles. The van der Waals surface area contributed by atoms with Crippen molar-refractivity contribution in [2.24, 2.45) is 17.8 Å². The molecule has 1 rings (SSSR count). The van der Waals surface area contributed by atoms with Crippen molar-refractivity contribution in [1.82, 2.24) is 0 Å². The van der Waals surface area contributed by atoms with Crippen molar-refractivity contribution >= 4 is 0 Å². The lowest BCUT2D eigenvalue weighted by atomic mass is 9.77. The fraction of sp³-hybridized carbons (Fsp3) is 1.00. The summed E-state index contributed by atoms with van der Waals surface area (Å²) in [5, 5.41) is 10.8. The summed E-state index contributed by atoms with van der Waals surface area (Å²) in [6, 6.07) is 0. The summed E-state index contributed by atoms with van der Waals surface area (Å²) in [6.07, 6.45) is 8.07. The van der Waals surface area contributed by atoms with Gasteiger partial charge in [-0.1, -0.05) is 53.4 Å². The third-order valence-electron chi connectivity index (χ3n) is 4.82. The zero-order valence-corrected chi connectivity index (χ0v) is 11.6. The van der Waals surface area contributed by atoms with E-state index < -0.39 is 0 Å². The Morgan fingerprint density at radius 2 is 1.75 bits per heavy atom. The molecule has 1 nitrogen and oxygen atoms in total. The molecule has 0 heterocycles. The van der Waals surface area contributed by atoms with E-state index in [1.807, 2.05) is 0 Å². The Kier molecular flexibility index (Phi) is 5.30. The summed E-state index contributed by atoms with van der Waals surface area (Å²) in [5.41, 5.74) is -0.354. The van der Waals surface area contributed by atoms with Gasteiger partial charge in [-0.05, 0) is 37.0 Å². The monoisotopic (exact) mass is 226 g/mol. The maximum atomic E-state index is 10.8. The van der Waals surface area contributed by atoms with Crippen molar-refractivity contribution in [2.45, 2.75) is 78.2 Å². The molecule has 1 N–H and O–H groups in total. The van der Waals surface area contributed by atoms with Gasteiger partial charge in [0.05, 0.1) is 5.60 Å². The molecule has 1 fully saturated rings. The summed E-state index contributed by atoms with van der Waals surface area (Å²) < 4.78 is 0. The maximum Gasteiger partial charge on any atom is 0.0675 e. The molecule has 0 spiro atoms. The molecule has 0 bridgehead atoms. The molecule has 16 heavy (non-hydrogen) atoms. The Bertz CT molecular complexity index is 196. The van der Waals surface area contributed by atoms with Crippen molar-refractivity contribution in [3.05, 3.63) is 0 Å². The van der Waals surface area contributed by atoms with Crippen LogP contribution in [0.15, 0.2) is 0 Å². The van der Waals surface area contributed by atoms with Crippen molar-refractivity contribution < 1.29 is 5.11 Å². The lowest BCUT2D eigenvalue weighted by Crippen LogP contribution is -2.37. The Hall–Kier alpha value is -0.0400. The van der Waals surface area contributed by atoms with Crippen molar-refractivity contribution in [3.8, 4) is 0 Å². The Balaban J connectivity index is 2.63. The second-order valence-electron chi connectivity index (χ2n) is 6.05. The normalized spacial score (nSPS) is 32.1. The molecule has 0 amide bonds. The molecule has 96 valence electrons. The van der Waals surface area contributed by atoms with Gasteiger partial charge < -0.3 is 5.11 Å². The number of rotatable bonds is 4. The molecule has 0 aromatic carbocycles. The predicted octanol–water partition coefficient (Wildman–Crippen LogP) is 4.39. The van der Waals surface area contributed by atoms with Crippen LogP contribution < -0.4 is 0 Å². The SMILES string of the molecule is CCC(CC)C1(O)CCCC(C(C)C)CC1. The van der Waals surface area contributed by atoms with Crippen LogP contribution in [0.2, 0.25) is 0 Å². The number of hydrogen-bond acceptors (Lipinski definition) is 1. The predicted molar refractivity (Wildman–Crippen MR) is 70.4 cm³/mol. The third-order valence-corrected chi connectivity index (χ3v) is 4.82. The molecule has 2 atom stereocenters. The lowest BCUT2D eigenvalue weighted by molar-refractivity contribution is -0.0362. The number of hydrogen-bond donors (Lipinski definition) is 1. The Morgan fingerprint density at radius 3 is 2.25 bits per heavy atom. The van der Waals surface area contributed by atoms with E-state index in [2.05, 4.69) is 27.7 Å². The van der Waals surface area contributed by atoms with Gasteiger partial charge in [0.1, 0.15) is 0 Å². The largest absolute Gasteiger partial charge is 0.390 e. The third kappa shape index (κ3) is 3.23. The zero-order chi connectivity index (χ0) is 12.2. The average Bonchev–Trinajstić information content (AvgIpc) is 2.43. The van der Waals surface area contributed by atoms with Crippen LogP contribution in [0.1, 0.15) is 72.6 Å². The first-order valence-electron chi connectivity index (χ1n) is 7.25. The first-order chi connectivity index (χ1) is 7.53.